The smallest absolute Gasteiger partial charge is 0.194 e. The van der Waals surface area contributed by atoms with Crippen molar-refractivity contribution in [2.75, 3.05) is 0 Å². The second kappa shape index (κ2) is 3.44. The van der Waals surface area contributed by atoms with Crippen LogP contribution < -0.4 is 0 Å². The Bertz CT molecular complexity index is 372. The molecule has 1 saturated carbocycles. The van der Waals surface area contributed by atoms with Gasteiger partial charge in [0, 0.05) is 5.92 Å². The van der Waals surface area contributed by atoms with Crippen LogP contribution in [0, 0.1) is 18.8 Å². The normalized spacial score (nSPS) is 25.1. The summed E-state index contributed by atoms with van der Waals surface area (Å²) in [4.78, 5) is 16.8. The van der Waals surface area contributed by atoms with Gasteiger partial charge < -0.3 is 5.11 Å². The maximum Gasteiger partial charge on any atom is 0.194 e. The van der Waals surface area contributed by atoms with Gasteiger partial charge in [-0.1, -0.05) is 6.92 Å². The summed E-state index contributed by atoms with van der Waals surface area (Å²) < 4.78 is 0. The molecule has 2 rings (SSSR count). The summed E-state index contributed by atoms with van der Waals surface area (Å²) in [5.74, 6) is 0.863. The molecule has 1 fully saturated rings. The van der Waals surface area contributed by atoms with Gasteiger partial charge in [0.1, 0.15) is 0 Å². The van der Waals surface area contributed by atoms with E-state index in [0.717, 1.165) is 17.0 Å². The van der Waals surface area contributed by atoms with Crippen LogP contribution in [0.3, 0.4) is 0 Å². The SMILES string of the molecule is Cc1nc(C(=O)C2CC2C)sc1CO. The molecule has 1 aliphatic carbocycles. The van der Waals surface area contributed by atoms with E-state index in [1.165, 1.54) is 11.3 Å². The lowest BCUT2D eigenvalue weighted by Gasteiger charge is -1.90. The first-order valence-electron chi connectivity index (χ1n) is 4.75. The molecular weight excluding hydrogens is 198 g/mol. The Morgan fingerprint density at radius 1 is 1.71 bits per heavy atom. The van der Waals surface area contributed by atoms with Crippen molar-refractivity contribution in [3.8, 4) is 0 Å². The van der Waals surface area contributed by atoms with E-state index in [0.29, 0.717) is 10.9 Å². The van der Waals surface area contributed by atoms with E-state index in [2.05, 4.69) is 11.9 Å². The van der Waals surface area contributed by atoms with Gasteiger partial charge in [-0.3, -0.25) is 4.79 Å². The fourth-order valence-electron chi connectivity index (χ4n) is 1.53. The van der Waals surface area contributed by atoms with E-state index >= 15 is 0 Å². The zero-order chi connectivity index (χ0) is 10.3. The van der Waals surface area contributed by atoms with Crippen molar-refractivity contribution in [2.45, 2.75) is 26.9 Å². The highest BCUT2D eigenvalue weighted by Gasteiger charge is 2.40. The summed E-state index contributed by atoms with van der Waals surface area (Å²) in [5, 5.41) is 9.55. The third kappa shape index (κ3) is 1.60. The molecule has 0 bridgehead atoms. The number of aliphatic hydroxyl groups is 1. The third-order valence-electron chi connectivity index (χ3n) is 2.69. The number of carbonyl (C=O) groups excluding carboxylic acids is 1. The van der Waals surface area contributed by atoms with Gasteiger partial charge in [-0.05, 0) is 19.3 Å². The van der Waals surface area contributed by atoms with Crippen LogP contribution in [0.15, 0.2) is 0 Å². The minimum absolute atomic E-state index is 0.0169. The number of aliphatic hydroxyl groups excluding tert-OH is 1. The highest BCUT2D eigenvalue weighted by atomic mass is 32.1. The molecule has 3 nitrogen and oxygen atoms in total. The number of aromatic nitrogens is 1. The van der Waals surface area contributed by atoms with E-state index in [1.54, 1.807) is 0 Å². The maximum absolute atomic E-state index is 11.8. The van der Waals surface area contributed by atoms with E-state index in [9.17, 15) is 4.79 Å². The molecule has 2 unspecified atom stereocenters. The average Bonchev–Trinajstić information content (AvgIpc) is 2.75. The second-order valence-corrected chi connectivity index (χ2v) is 4.95. The van der Waals surface area contributed by atoms with Crippen molar-refractivity contribution >= 4 is 17.1 Å². The molecule has 76 valence electrons. The average molecular weight is 211 g/mol. The predicted octanol–water partition coefficient (Wildman–Crippen LogP) is 1.78. The van der Waals surface area contributed by atoms with Crippen LogP contribution >= 0.6 is 11.3 Å². The zero-order valence-electron chi connectivity index (χ0n) is 8.28. The Labute approximate surface area is 86.8 Å². The molecule has 0 radical (unpaired) electrons. The summed E-state index contributed by atoms with van der Waals surface area (Å²) in [6.07, 6.45) is 0.992. The van der Waals surface area contributed by atoms with Crippen molar-refractivity contribution in [2.24, 2.45) is 11.8 Å². The molecule has 1 aromatic heterocycles. The number of Topliss-reactive ketones (excluding diaryl/α,β-unsaturated/α-hetero) is 1. The number of thiazole rings is 1. The van der Waals surface area contributed by atoms with Gasteiger partial charge >= 0.3 is 0 Å². The Kier molecular flexibility index (Phi) is 2.41. The van der Waals surface area contributed by atoms with Crippen LogP contribution in [-0.4, -0.2) is 15.9 Å². The largest absolute Gasteiger partial charge is 0.391 e. The van der Waals surface area contributed by atoms with E-state index in [-0.39, 0.29) is 18.3 Å². The maximum atomic E-state index is 11.8. The Balaban J connectivity index is 2.20. The Morgan fingerprint density at radius 2 is 2.36 bits per heavy atom. The van der Waals surface area contributed by atoms with E-state index in [4.69, 9.17) is 5.11 Å². The van der Waals surface area contributed by atoms with Gasteiger partial charge in [0.25, 0.3) is 0 Å². The molecule has 4 heteroatoms. The number of nitrogens with zero attached hydrogens (tertiary/aromatic N) is 1. The lowest BCUT2D eigenvalue weighted by Crippen LogP contribution is -2.01. The number of ketones is 1. The van der Waals surface area contributed by atoms with Gasteiger partial charge in [0.2, 0.25) is 0 Å². The molecule has 0 saturated heterocycles. The van der Waals surface area contributed by atoms with Crippen LogP contribution in [-0.2, 0) is 6.61 Å². The van der Waals surface area contributed by atoms with Crippen molar-refractivity contribution in [3.05, 3.63) is 15.6 Å². The van der Waals surface area contributed by atoms with Gasteiger partial charge in [-0.25, -0.2) is 4.98 Å². The first-order valence-corrected chi connectivity index (χ1v) is 5.56. The van der Waals surface area contributed by atoms with Gasteiger partial charge in [0.05, 0.1) is 17.2 Å². The summed E-state index contributed by atoms with van der Waals surface area (Å²) in [7, 11) is 0. The molecular formula is C10H13NO2S. The molecule has 1 N–H and O–H groups in total. The van der Waals surface area contributed by atoms with Crippen molar-refractivity contribution in [1.82, 2.24) is 4.98 Å². The van der Waals surface area contributed by atoms with Crippen LogP contribution in [0.25, 0.3) is 0 Å². The van der Waals surface area contributed by atoms with E-state index < -0.39 is 0 Å². The molecule has 2 atom stereocenters. The van der Waals surface area contributed by atoms with Crippen molar-refractivity contribution in [1.29, 1.82) is 0 Å². The minimum Gasteiger partial charge on any atom is -0.391 e. The van der Waals surface area contributed by atoms with Crippen LogP contribution in [0.2, 0.25) is 0 Å². The lowest BCUT2D eigenvalue weighted by atomic mass is 10.2. The first kappa shape index (κ1) is 9.80. The molecule has 0 spiro atoms. The quantitative estimate of drug-likeness (QED) is 0.775. The van der Waals surface area contributed by atoms with Crippen LogP contribution in [0.5, 0.6) is 0 Å². The molecule has 0 aromatic carbocycles. The fourth-order valence-corrected chi connectivity index (χ4v) is 2.45. The van der Waals surface area contributed by atoms with Crippen LogP contribution in [0.1, 0.15) is 33.7 Å². The monoisotopic (exact) mass is 211 g/mol. The fraction of sp³-hybridized carbons (Fsp3) is 0.600. The Morgan fingerprint density at radius 3 is 2.79 bits per heavy atom. The molecule has 1 heterocycles. The summed E-state index contributed by atoms with van der Waals surface area (Å²) >= 11 is 1.33. The van der Waals surface area contributed by atoms with Crippen molar-refractivity contribution in [3.63, 3.8) is 0 Å². The summed E-state index contributed by atoms with van der Waals surface area (Å²) in [6, 6.07) is 0. The predicted molar refractivity (Wildman–Crippen MR) is 54.4 cm³/mol. The third-order valence-corrected chi connectivity index (χ3v) is 3.85. The number of hydrogen-bond donors (Lipinski definition) is 1. The standard InChI is InChI=1S/C10H13NO2S/c1-5-3-7(5)9(13)10-11-6(2)8(4-12)14-10/h5,7,12H,3-4H2,1-2H3. The Hall–Kier alpha value is -0.740. The second-order valence-electron chi connectivity index (χ2n) is 3.87. The van der Waals surface area contributed by atoms with Crippen LogP contribution in [0.4, 0.5) is 0 Å². The number of hydrogen-bond acceptors (Lipinski definition) is 4. The van der Waals surface area contributed by atoms with Gasteiger partial charge in [-0.15, -0.1) is 11.3 Å². The topological polar surface area (TPSA) is 50.2 Å². The first-order chi connectivity index (χ1) is 6.63. The zero-order valence-corrected chi connectivity index (χ0v) is 9.10. The summed E-state index contributed by atoms with van der Waals surface area (Å²) in [5.41, 5.74) is 0.786. The molecule has 1 aromatic rings. The molecule has 1 aliphatic rings. The molecule has 14 heavy (non-hydrogen) atoms. The van der Waals surface area contributed by atoms with Crippen molar-refractivity contribution < 1.29 is 9.90 Å². The highest BCUT2D eigenvalue weighted by molar-refractivity contribution is 7.13. The number of rotatable bonds is 3. The van der Waals surface area contributed by atoms with Gasteiger partial charge in [-0.2, -0.15) is 0 Å². The summed E-state index contributed by atoms with van der Waals surface area (Å²) in [6.45, 7) is 3.89. The molecule has 0 amide bonds. The molecule has 0 aliphatic heterocycles. The van der Waals surface area contributed by atoms with E-state index in [1.807, 2.05) is 6.92 Å². The van der Waals surface area contributed by atoms with Gasteiger partial charge in [0.15, 0.2) is 10.8 Å². The number of carbonyl (C=O) groups is 1. The highest BCUT2D eigenvalue weighted by Crippen LogP contribution is 2.41. The lowest BCUT2D eigenvalue weighted by molar-refractivity contribution is 0.0962. The number of aryl methyl sites for hydroxylation is 1. The minimum atomic E-state index is -0.0169.